The summed E-state index contributed by atoms with van der Waals surface area (Å²) < 4.78 is 0. The number of hydrogen-bond donors (Lipinski definition) is 2. The van der Waals surface area contributed by atoms with Crippen molar-refractivity contribution in [2.24, 2.45) is 0 Å². The highest BCUT2D eigenvalue weighted by Gasteiger charge is 2.10. The van der Waals surface area contributed by atoms with Gasteiger partial charge in [0.1, 0.15) is 0 Å². The molecule has 0 spiro atoms. The summed E-state index contributed by atoms with van der Waals surface area (Å²) in [6, 6.07) is 5.03. The largest absolute Gasteiger partial charge is 0.478 e. The van der Waals surface area contributed by atoms with Gasteiger partial charge in [0.05, 0.1) is 0 Å². The zero-order chi connectivity index (χ0) is 15.4. The third kappa shape index (κ3) is 4.14. The number of hydrogen-bond acceptors (Lipinski definition) is 4. The van der Waals surface area contributed by atoms with Gasteiger partial charge < -0.3 is 5.11 Å². The number of halogens is 1. The molecule has 0 aliphatic heterocycles. The topological polar surface area (TPSA) is 79.3 Å². The van der Waals surface area contributed by atoms with Gasteiger partial charge in [-0.25, -0.2) is 9.78 Å². The molecule has 1 aromatic heterocycles. The highest BCUT2D eigenvalue weighted by Crippen LogP contribution is 2.21. The Morgan fingerprint density at radius 2 is 2.19 bits per heavy atom. The lowest BCUT2D eigenvalue weighted by molar-refractivity contribution is -0.131. The third-order valence-electron chi connectivity index (χ3n) is 2.57. The maximum Gasteiger partial charge on any atom is 0.328 e. The molecule has 1 heterocycles. The molecule has 0 aliphatic rings. The second-order valence-electron chi connectivity index (χ2n) is 4.16. The number of amides is 1. The number of anilines is 1. The number of nitrogens with zero attached hydrogens (tertiary/aromatic N) is 1. The molecule has 21 heavy (non-hydrogen) atoms. The average Bonchev–Trinajstić information content (AvgIpc) is 2.87. The van der Waals surface area contributed by atoms with E-state index in [0.717, 1.165) is 11.6 Å². The van der Waals surface area contributed by atoms with Gasteiger partial charge in [-0.15, -0.1) is 0 Å². The number of rotatable bonds is 4. The maximum absolute atomic E-state index is 12.0. The van der Waals surface area contributed by atoms with Crippen LogP contribution in [0.5, 0.6) is 0 Å². The van der Waals surface area contributed by atoms with Crippen LogP contribution in [0.25, 0.3) is 6.08 Å². The van der Waals surface area contributed by atoms with E-state index in [2.05, 4.69) is 10.3 Å². The number of carboxylic acid groups (broad SMARTS) is 1. The number of aliphatic carboxylic acids is 1. The summed E-state index contributed by atoms with van der Waals surface area (Å²) in [5, 5.41) is 12.1. The molecule has 2 rings (SSSR count). The lowest BCUT2D eigenvalue weighted by Crippen LogP contribution is -2.11. The number of carboxylic acids is 1. The van der Waals surface area contributed by atoms with Crippen molar-refractivity contribution in [3.8, 4) is 0 Å². The van der Waals surface area contributed by atoms with E-state index in [9.17, 15) is 9.59 Å². The molecular weight excluding hydrogens is 312 g/mol. The minimum atomic E-state index is -1.04. The smallest absolute Gasteiger partial charge is 0.328 e. The van der Waals surface area contributed by atoms with E-state index in [0.29, 0.717) is 20.6 Å². The van der Waals surface area contributed by atoms with Gasteiger partial charge in [-0.2, -0.15) is 0 Å². The molecule has 2 aromatic rings. The molecule has 1 amide bonds. The summed E-state index contributed by atoms with van der Waals surface area (Å²) in [6.07, 6.45) is 3.92. The van der Waals surface area contributed by atoms with Crippen LogP contribution >= 0.6 is 22.9 Å². The highest BCUT2D eigenvalue weighted by atomic mass is 35.5. The average molecular weight is 323 g/mol. The van der Waals surface area contributed by atoms with Gasteiger partial charge >= 0.3 is 5.97 Å². The first-order valence-corrected chi connectivity index (χ1v) is 7.09. The molecule has 5 nitrogen and oxygen atoms in total. The van der Waals surface area contributed by atoms with Crippen molar-refractivity contribution < 1.29 is 14.7 Å². The number of carbonyl (C=O) groups is 2. The summed E-state index contributed by atoms with van der Waals surface area (Å²) >= 11 is 7.16. The van der Waals surface area contributed by atoms with Gasteiger partial charge in [-0.05, 0) is 30.7 Å². The number of aromatic nitrogens is 1. The van der Waals surface area contributed by atoms with Crippen LogP contribution in [0.3, 0.4) is 0 Å². The highest BCUT2D eigenvalue weighted by molar-refractivity contribution is 7.16. The fraction of sp³-hybridized carbons (Fsp3) is 0.0714. The van der Waals surface area contributed by atoms with E-state index >= 15 is 0 Å². The summed E-state index contributed by atoms with van der Waals surface area (Å²) in [6.45, 7) is 1.85. The first-order valence-electron chi connectivity index (χ1n) is 5.90. The Kier molecular flexibility index (Phi) is 4.72. The SMILES string of the molecule is Cc1ccc(C(=O)Nc2ncc(C=CC(=O)O)s2)cc1Cl. The number of thiazole rings is 1. The van der Waals surface area contributed by atoms with E-state index in [1.807, 2.05) is 6.92 Å². The van der Waals surface area contributed by atoms with Gasteiger partial charge in [-0.1, -0.05) is 29.0 Å². The van der Waals surface area contributed by atoms with Crippen molar-refractivity contribution in [1.82, 2.24) is 4.98 Å². The van der Waals surface area contributed by atoms with Crippen molar-refractivity contribution in [2.75, 3.05) is 5.32 Å². The Labute approximate surface area is 129 Å². The van der Waals surface area contributed by atoms with Crippen LogP contribution in [0.15, 0.2) is 30.5 Å². The van der Waals surface area contributed by atoms with Crippen molar-refractivity contribution in [3.63, 3.8) is 0 Å². The Morgan fingerprint density at radius 1 is 1.43 bits per heavy atom. The summed E-state index contributed by atoms with van der Waals surface area (Å²) in [5.74, 6) is -1.36. The minimum Gasteiger partial charge on any atom is -0.478 e. The first-order chi connectivity index (χ1) is 9.95. The van der Waals surface area contributed by atoms with Crippen LogP contribution in [0.2, 0.25) is 5.02 Å². The molecule has 0 fully saturated rings. The van der Waals surface area contributed by atoms with E-state index in [4.69, 9.17) is 16.7 Å². The zero-order valence-electron chi connectivity index (χ0n) is 11.0. The minimum absolute atomic E-state index is 0.319. The number of benzene rings is 1. The molecule has 0 unspecified atom stereocenters. The Morgan fingerprint density at radius 3 is 2.86 bits per heavy atom. The molecule has 0 atom stereocenters. The standard InChI is InChI=1S/C14H11ClN2O3S/c1-8-2-3-9(6-11(8)15)13(20)17-14-16-7-10(21-14)4-5-12(18)19/h2-7H,1H3,(H,18,19)(H,16,17,20). The number of aryl methyl sites for hydroxylation is 1. The molecule has 0 radical (unpaired) electrons. The normalized spacial score (nSPS) is 10.8. The zero-order valence-corrected chi connectivity index (χ0v) is 12.5. The quantitative estimate of drug-likeness (QED) is 0.845. The molecular formula is C14H11ClN2O3S. The van der Waals surface area contributed by atoms with Crippen LogP contribution in [-0.4, -0.2) is 22.0 Å². The van der Waals surface area contributed by atoms with Crippen molar-refractivity contribution >= 4 is 46.0 Å². The summed E-state index contributed by atoms with van der Waals surface area (Å²) in [5.41, 5.74) is 1.33. The second kappa shape index (κ2) is 6.51. The van der Waals surface area contributed by atoms with E-state index in [-0.39, 0.29) is 5.91 Å². The van der Waals surface area contributed by atoms with Crippen molar-refractivity contribution in [1.29, 1.82) is 0 Å². The first kappa shape index (κ1) is 15.2. The van der Waals surface area contributed by atoms with E-state index < -0.39 is 5.97 Å². The van der Waals surface area contributed by atoms with E-state index in [1.54, 1.807) is 18.2 Å². The monoisotopic (exact) mass is 322 g/mol. The summed E-state index contributed by atoms with van der Waals surface area (Å²) in [4.78, 5) is 27.1. The Balaban J connectivity index is 2.09. The van der Waals surface area contributed by atoms with Gasteiger partial charge in [0.25, 0.3) is 5.91 Å². The number of carbonyl (C=O) groups excluding carboxylic acids is 1. The molecule has 0 saturated heterocycles. The lowest BCUT2D eigenvalue weighted by Gasteiger charge is -2.03. The van der Waals surface area contributed by atoms with Crippen molar-refractivity contribution in [3.05, 3.63) is 51.5 Å². The Hall–Kier alpha value is -2.18. The molecule has 108 valence electrons. The summed E-state index contributed by atoms with van der Waals surface area (Å²) in [7, 11) is 0. The molecule has 0 bridgehead atoms. The van der Waals surface area contributed by atoms with Crippen LogP contribution in [0.1, 0.15) is 20.8 Å². The van der Waals surface area contributed by atoms with Crippen LogP contribution in [0.4, 0.5) is 5.13 Å². The van der Waals surface area contributed by atoms with Gasteiger partial charge in [0.15, 0.2) is 5.13 Å². The van der Waals surface area contributed by atoms with Crippen LogP contribution in [0, 0.1) is 6.92 Å². The Bertz CT molecular complexity index is 725. The van der Waals surface area contributed by atoms with Gasteiger partial charge in [0.2, 0.25) is 0 Å². The molecule has 7 heteroatoms. The number of nitrogens with one attached hydrogen (secondary N) is 1. The third-order valence-corrected chi connectivity index (χ3v) is 3.85. The molecule has 0 aliphatic carbocycles. The second-order valence-corrected chi connectivity index (χ2v) is 5.63. The maximum atomic E-state index is 12.0. The van der Waals surface area contributed by atoms with Gasteiger partial charge in [-0.3, -0.25) is 10.1 Å². The molecule has 1 aromatic carbocycles. The predicted octanol–water partition coefficient (Wildman–Crippen LogP) is 3.46. The fourth-order valence-corrected chi connectivity index (χ4v) is 2.37. The fourth-order valence-electron chi connectivity index (χ4n) is 1.48. The van der Waals surface area contributed by atoms with E-state index in [1.165, 1.54) is 23.6 Å². The van der Waals surface area contributed by atoms with Gasteiger partial charge in [0, 0.05) is 27.7 Å². The van der Waals surface area contributed by atoms with Crippen LogP contribution in [-0.2, 0) is 4.79 Å². The molecule has 0 saturated carbocycles. The van der Waals surface area contributed by atoms with Crippen LogP contribution < -0.4 is 5.32 Å². The molecule has 2 N–H and O–H groups in total. The van der Waals surface area contributed by atoms with Crippen molar-refractivity contribution in [2.45, 2.75) is 6.92 Å². The predicted molar refractivity (Wildman–Crippen MR) is 82.9 cm³/mol. The lowest BCUT2D eigenvalue weighted by atomic mass is 10.1.